The molecule has 0 aliphatic carbocycles. The van der Waals surface area contributed by atoms with Crippen LogP contribution in [0, 0.1) is 5.92 Å². The molecule has 1 unspecified atom stereocenters. The number of aliphatic hydroxyl groups is 1. The molecular formula is C17H30N2O. The van der Waals surface area contributed by atoms with Gasteiger partial charge in [0.15, 0.2) is 0 Å². The van der Waals surface area contributed by atoms with Crippen molar-refractivity contribution in [3.63, 3.8) is 0 Å². The smallest absolute Gasteiger partial charge is 0.0445 e. The second-order valence-electron chi connectivity index (χ2n) is 5.58. The van der Waals surface area contributed by atoms with E-state index >= 15 is 0 Å². The van der Waals surface area contributed by atoms with E-state index in [0.29, 0.717) is 12.0 Å². The average Bonchev–Trinajstić information content (AvgIpc) is 2.46. The minimum absolute atomic E-state index is 0.247. The second-order valence-corrected chi connectivity index (χ2v) is 5.58. The second kappa shape index (κ2) is 8.98. The Morgan fingerprint density at radius 3 is 2.15 bits per heavy atom. The van der Waals surface area contributed by atoms with E-state index in [2.05, 4.69) is 62.2 Å². The van der Waals surface area contributed by atoms with Gasteiger partial charge in [-0.1, -0.05) is 26.0 Å². The summed E-state index contributed by atoms with van der Waals surface area (Å²) in [5.41, 5.74) is 2.58. The molecule has 0 radical (unpaired) electrons. The van der Waals surface area contributed by atoms with Gasteiger partial charge in [0.25, 0.3) is 0 Å². The van der Waals surface area contributed by atoms with Crippen LogP contribution in [-0.4, -0.2) is 30.8 Å². The van der Waals surface area contributed by atoms with Crippen LogP contribution < -0.4 is 10.2 Å². The van der Waals surface area contributed by atoms with Gasteiger partial charge in [0.05, 0.1) is 0 Å². The van der Waals surface area contributed by atoms with Gasteiger partial charge in [-0.3, -0.25) is 0 Å². The Bertz CT molecular complexity index is 358. The van der Waals surface area contributed by atoms with E-state index in [-0.39, 0.29) is 6.61 Å². The number of nitrogens with one attached hydrogen (secondary N) is 1. The van der Waals surface area contributed by atoms with Crippen LogP contribution in [0.25, 0.3) is 0 Å². The van der Waals surface area contributed by atoms with Crippen LogP contribution >= 0.6 is 0 Å². The Morgan fingerprint density at radius 2 is 1.70 bits per heavy atom. The van der Waals surface area contributed by atoms with Crippen LogP contribution in [0.2, 0.25) is 0 Å². The summed E-state index contributed by atoms with van der Waals surface area (Å²) in [5.74, 6) is 0.539. The van der Waals surface area contributed by atoms with Crippen molar-refractivity contribution in [3.05, 3.63) is 29.8 Å². The molecule has 0 spiro atoms. The summed E-state index contributed by atoms with van der Waals surface area (Å²) >= 11 is 0. The molecule has 0 bridgehead atoms. The van der Waals surface area contributed by atoms with E-state index in [0.717, 1.165) is 26.1 Å². The predicted molar refractivity (Wildman–Crippen MR) is 87.2 cm³/mol. The number of aliphatic hydroxyl groups excluding tert-OH is 1. The zero-order chi connectivity index (χ0) is 15.0. The lowest BCUT2D eigenvalue weighted by molar-refractivity contribution is 0.244. The van der Waals surface area contributed by atoms with E-state index in [1.807, 2.05) is 0 Å². The van der Waals surface area contributed by atoms with Crippen molar-refractivity contribution in [2.24, 2.45) is 5.92 Å². The Labute approximate surface area is 124 Å². The highest BCUT2D eigenvalue weighted by molar-refractivity contribution is 5.47. The maximum Gasteiger partial charge on any atom is 0.0445 e. The summed E-state index contributed by atoms with van der Waals surface area (Å²) < 4.78 is 0. The monoisotopic (exact) mass is 278 g/mol. The molecule has 0 aliphatic heterocycles. The van der Waals surface area contributed by atoms with Gasteiger partial charge in [-0.2, -0.15) is 0 Å². The van der Waals surface area contributed by atoms with Crippen molar-refractivity contribution >= 4 is 5.69 Å². The summed E-state index contributed by atoms with van der Waals surface area (Å²) in [5, 5.41) is 12.6. The molecule has 1 atom stereocenters. The molecule has 3 nitrogen and oxygen atoms in total. The lowest BCUT2D eigenvalue weighted by Gasteiger charge is -2.23. The van der Waals surface area contributed by atoms with Gasteiger partial charge in [0, 0.05) is 38.0 Å². The summed E-state index contributed by atoms with van der Waals surface area (Å²) in [4.78, 5) is 2.35. The van der Waals surface area contributed by atoms with E-state index in [1.54, 1.807) is 0 Å². The molecule has 0 saturated carbocycles. The lowest BCUT2D eigenvalue weighted by Crippen LogP contribution is -2.34. The van der Waals surface area contributed by atoms with Crippen LogP contribution in [-0.2, 0) is 6.54 Å². The van der Waals surface area contributed by atoms with Gasteiger partial charge in [0.1, 0.15) is 0 Å². The number of anilines is 1. The van der Waals surface area contributed by atoms with E-state index in [9.17, 15) is 0 Å². The highest BCUT2D eigenvalue weighted by Crippen LogP contribution is 2.15. The van der Waals surface area contributed by atoms with Crippen LogP contribution in [0.1, 0.15) is 39.7 Å². The Morgan fingerprint density at radius 1 is 1.10 bits per heavy atom. The van der Waals surface area contributed by atoms with Crippen molar-refractivity contribution in [2.75, 3.05) is 24.6 Å². The summed E-state index contributed by atoms with van der Waals surface area (Å²) in [6, 6.07) is 9.15. The van der Waals surface area contributed by atoms with Gasteiger partial charge < -0.3 is 15.3 Å². The third-order valence-electron chi connectivity index (χ3n) is 3.88. The molecule has 0 aromatic heterocycles. The molecule has 3 heteroatoms. The molecule has 0 aliphatic rings. The number of benzene rings is 1. The fourth-order valence-corrected chi connectivity index (χ4v) is 2.47. The van der Waals surface area contributed by atoms with Crippen LogP contribution in [0.15, 0.2) is 24.3 Å². The first-order valence-corrected chi connectivity index (χ1v) is 7.80. The highest BCUT2D eigenvalue weighted by Gasteiger charge is 2.11. The van der Waals surface area contributed by atoms with Crippen LogP contribution in [0.4, 0.5) is 5.69 Å². The normalized spacial score (nSPS) is 12.7. The third kappa shape index (κ3) is 5.14. The molecule has 1 rings (SSSR count). The molecule has 0 saturated heterocycles. The van der Waals surface area contributed by atoms with Crippen molar-refractivity contribution in [1.82, 2.24) is 5.32 Å². The third-order valence-corrected chi connectivity index (χ3v) is 3.88. The quantitative estimate of drug-likeness (QED) is 0.729. The van der Waals surface area contributed by atoms with E-state index in [4.69, 9.17) is 5.11 Å². The predicted octanol–water partition coefficient (Wildman–Crippen LogP) is 3.03. The van der Waals surface area contributed by atoms with Crippen molar-refractivity contribution < 1.29 is 5.11 Å². The minimum Gasteiger partial charge on any atom is -0.396 e. The van der Waals surface area contributed by atoms with Gasteiger partial charge in [-0.05, 0) is 43.9 Å². The Hall–Kier alpha value is -1.06. The van der Waals surface area contributed by atoms with Gasteiger partial charge in [0.2, 0.25) is 0 Å². The van der Waals surface area contributed by atoms with Gasteiger partial charge in [-0.15, -0.1) is 0 Å². The first-order chi connectivity index (χ1) is 9.62. The highest BCUT2D eigenvalue weighted by atomic mass is 16.3. The molecule has 1 aromatic carbocycles. The fraction of sp³-hybridized carbons (Fsp3) is 0.647. The molecule has 2 N–H and O–H groups in total. The minimum atomic E-state index is 0.247. The lowest BCUT2D eigenvalue weighted by atomic mass is 10.0. The fourth-order valence-electron chi connectivity index (χ4n) is 2.47. The number of hydrogen-bond donors (Lipinski definition) is 2. The van der Waals surface area contributed by atoms with Gasteiger partial charge >= 0.3 is 0 Å². The molecule has 0 heterocycles. The molecule has 0 amide bonds. The zero-order valence-corrected chi connectivity index (χ0v) is 13.4. The Kier molecular flexibility index (Phi) is 7.63. The molecular weight excluding hydrogens is 248 g/mol. The van der Waals surface area contributed by atoms with Crippen LogP contribution in [0.3, 0.4) is 0 Å². The maximum atomic E-state index is 9.09. The zero-order valence-electron chi connectivity index (χ0n) is 13.4. The van der Waals surface area contributed by atoms with E-state index in [1.165, 1.54) is 11.3 Å². The first-order valence-electron chi connectivity index (χ1n) is 7.80. The summed E-state index contributed by atoms with van der Waals surface area (Å²) in [6.45, 7) is 11.9. The van der Waals surface area contributed by atoms with Gasteiger partial charge in [-0.25, -0.2) is 0 Å². The topological polar surface area (TPSA) is 35.5 Å². The first kappa shape index (κ1) is 17.0. The molecule has 20 heavy (non-hydrogen) atoms. The Balaban J connectivity index is 2.56. The average molecular weight is 278 g/mol. The van der Waals surface area contributed by atoms with E-state index < -0.39 is 0 Å². The maximum absolute atomic E-state index is 9.09. The SMILES string of the molecule is CCN(CC)c1ccc(CNC(CCO)C(C)C)cc1. The van der Waals surface area contributed by atoms with Crippen LogP contribution in [0.5, 0.6) is 0 Å². The number of nitrogens with zero attached hydrogens (tertiary/aromatic N) is 1. The number of hydrogen-bond acceptors (Lipinski definition) is 3. The van der Waals surface area contributed by atoms with Crippen molar-refractivity contribution in [2.45, 2.75) is 46.7 Å². The molecule has 1 aromatic rings. The van der Waals surface area contributed by atoms with Crippen molar-refractivity contribution in [1.29, 1.82) is 0 Å². The number of rotatable bonds is 9. The molecule has 0 fully saturated rings. The largest absolute Gasteiger partial charge is 0.396 e. The molecule has 114 valence electrons. The van der Waals surface area contributed by atoms with Crippen molar-refractivity contribution in [3.8, 4) is 0 Å². The summed E-state index contributed by atoms with van der Waals surface area (Å²) in [7, 11) is 0. The summed E-state index contributed by atoms with van der Waals surface area (Å²) in [6.07, 6.45) is 0.815. The standard InChI is InChI=1S/C17H30N2O/c1-5-19(6-2)16-9-7-15(8-10-16)13-18-17(11-12-20)14(3)4/h7-10,14,17-18,20H,5-6,11-13H2,1-4H3.